The van der Waals surface area contributed by atoms with E-state index in [-0.39, 0.29) is 6.61 Å². The molecule has 1 N–H and O–H groups in total. The Morgan fingerprint density at radius 1 is 1.05 bits per heavy atom. The van der Waals surface area contributed by atoms with Gasteiger partial charge in [0.05, 0.1) is 18.9 Å². The minimum absolute atomic E-state index is 0.0391. The van der Waals surface area contributed by atoms with Crippen molar-refractivity contribution in [2.45, 2.75) is 20.1 Å². The van der Waals surface area contributed by atoms with E-state index in [1.807, 2.05) is 49.4 Å². The van der Waals surface area contributed by atoms with Gasteiger partial charge in [0, 0.05) is 11.6 Å². The molecule has 0 saturated carbocycles. The van der Waals surface area contributed by atoms with Gasteiger partial charge in [-0.05, 0) is 19.1 Å². The van der Waals surface area contributed by atoms with Gasteiger partial charge in [-0.3, -0.25) is 0 Å². The second-order valence-corrected chi connectivity index (χ2v) is 3.95. The molecule has 0 bridgehead atoms. The Hall–Kier alpha value is -2.07. The molecule has 2 aromatic rings. The molecule has 0 aliphatic heterocycles. The number of nitrogens with zero attached hydrogens (tertiary/aromatic N) is 1. The van der Waals surface area contributed by atoms with Crippen LogP contribution in [0.2, 0.25) is 0 Å². The topological polar surface area (TPSA) is 51.6 Å². The van der Waals surface area contributed by atoms with E-state index in [1.165, 1.54) is 0 Å². The van der Waals surface area contributed by atoms with Gasteiger partial charge in [-0.15, -0.1) is 0 Å². The van der Waals surface area contributed by atoms with Crippen LogP contribution >= 0.6 is 0 Å². The molecule has 1 aromatic carbocycles. The number of rotatable bonds is 6. The molecule has 19 heavy (non-hydrogen) atoms. The molecule has 0 aliphatic carbocycles. The van der Waals surface area contributed by atoms with Crippen molar-refractivity contribution in [2.75, 3.05) is 6.61 Å². The molecule has 1 aromatic heterocycles. The van der Waals surface area contributed by atoms with Crippen LogP contribution in [0.4, 0.5) is 0 Å². The minimum Gasteiger partial charge on any atom is -0.487 e. The van der Waals surface area contributed by atoms with Crippen LogP contribution in [0.5, 0.6) is 11.6 Å². The summed E-state index contributed by atoms with van der Waals surface area (Å²) in [7, 11) is 0. The molecule has 0 amide bonds. The van der Waals surface area contributed by atoms with Crippen LogP contribution in [0.15, 0.2) is 42.5 Å². The van der Waals surface area contributed by atoms with Gasteiger partial charge in [-0.25, -0.2) is 4.98 Å². The molecule has 0 saturated heterocycles. The Balaban J connectivity index is 2.03. The summed E-state index contributed by atoms with van der Waals surface area (Å²) in [6.45, 7) is 2.81. The van der Waals surface area contributed by atoms with E-state index in [2.05, 4.69) is 4.98 Å². The zero-order valence-electron chi connectivity index (χ0n) is 10.9. The lowest BCUT2D eigenvalue weighted by Gasteiger charge is -2.10. The normalized spacial score (nSPS) is 10.2. The summed E-state index contributed by atoms with van der Waals surface area (Å²) in [5.41, 5.74) is 1.56. The fraction of sp³-hybridized carbons (Fsp3) is 0.267. The van der Waals surface area contributed by atoms with E-state index in [1.54, 1.807) is 0 Å². The van der Waals surface area contributed by atoms with Crippen molar-refractivity contribution in [2.24, 2.45) is 0 Å². The number of benzene rings is 1. The van der Waals surface area contributed by atoms with Gasteiger partial charge in [0.25, 0.3) is 0 Å². The Bertz CT molecular complexity index is 528. The molecule has 0 radical (unpaired) electrons. The van der Waals surface area contributed by atoms with Crippen LogP contribution in [0.1, 0.15) is 18.2 Å². The van der Waals surface area contributed by atoms with Crippen LogP contribution in [0, 0.1) is 0 Å². The molecule has 2 rings (SSSR count). The maximum atomic E-state index is 9.21. The highest BCUT2D eigenvalue weighted by atomic mass is 16.5. The first kappa shape index (κ1) is 13.4. The Morgan fingerprint density at radius 2 is 1.89 bits per heavy atom. The molecule has 4 heteroatoms. The molecule has 4 nitrogen and oxygen atoms in total. The fourth-order valence-electron chi connectivity index (χ4n) is 1.69. The van der Waals surface area contributed by atoms with E-state index in [0.29, 0.717) is 24.8 Å². The predicted molar refractivity (Wildman–Crippen MR) is 72.1 cm³/mol. The average molecular weight is 259 g/mol. The highest BCUT2D eigenvalue weighted by Gasteiger charge is 2.03. The van der Waals surface area contributed by atoms with Gasteiger partial charge in [0.15, 0.2) is 0 Å². The Morgan fingerprint density at radius 3 is 2.68 bits per heavy atom. The second kappa shape index (κ2) is 6.75. The molecular weight excluding hydrogens is 242 g/mol. The van der Waals surface area contributed by atoms with E-state index < -0.39 is 0 Å². The second-order valence-electron chi connectivity index (χ2n) is 3.95. The van der Waals surface area contributed by atoms with Crippen molar-refractivity contribution in [3.8, 4) is 11.6 Å². The van der Waals surface area contributed by atoms with Crippen molar-refractivity contribution in [3.63, 3.8) is 0 Å². The molecular formula is C15H17NO3. The number of hydrogen-bond acceptors (Lipinski definition) is 4. The monoisotopic (exact) mass is 259 g/mol. The number of aliphatic hydroxyl groups is 1. The van der Waals surface area contributed by atoms with Crippen LogP contribution < -0.4 is 9.47 Å². The van der Waals surface area contributed by atoms with Crippen LogP contribution in [-0.4, -0.2) is 16.7 Å². The first-order chi connectivity index (χ1) is 9.33. The lowest BCUT2D eigenvalue weighted by molar-refractivity contribution is 0.256. The van der Waals surface area contributed by atoms with Crippen LogP contribution in [-0.2, 0) is 13.2 Å². The van der Waals surface area contributed by atoms with E-state index in [4.69, 9.17) is 9.47 Å². The van der Waals surface area contributed by atoms with Crippen molar-refractivity contribution in [1.29, 1.82) is 0 Å². The number of hydrogen-bond donors (Lipinski definition) is 1. The van der Waals surface area contributed by atoms with E-state index in [0.717, 1.165) is 11.3 Å². The van der Waals surface area contributed by atoms with Gasteiger partial charge in [-0.1, -0.05) is 24.3 Å². The minimum atomic E-state index is -0.0391. The summed E-state index contributed by atoms with van der Waals surface area (Å²) in [6.07, 6.45) is 0. The van der Waals surface area contributed by atoms with Crippen molar-refractivity contribution >= 4 is 0 Å². The number of aliphatic hydroxyl groups excluding tert-OH is 1. The first-order valence-corrected chi connectivity index (χ1v) is 6.23. The smallest absolute Gasteiger partial charge is 0.213 e. The Kier molecular flexibility index (Phi) is 4.75. The molecule has 100 valence electrons. The SMILES string of the molecule is CCOc1cccc(COc2ccccc2CO)n1. The summed E-state index contributed by atoms with van der Waals surface area (Å²) in [5.74, 6) is 1.27. The van der Waals surface area contributed by atoms with E-state index in [9.17, 15) is 5.11 Å². The molecule has 0 spiro atoms. The first-order valence-electron chi connectivity index (χ1n) is 6.23. The highest BCUT2D eigenvalue weighted by molar-refractivity contribution is 5.32. The van der Waals surface area contributed by atoms with Gasteiger partial charge in [0.1, 0.15) is 12.4 Å². The van der Waals surface area contributed by atoms with Crippen LogP contribution in [0.25, 0.3) is 0 Å². The zero-order chi connectivity index (χ0) is 13.5. The third-order valence-electron chi connectivity index (χ3n) is 2.59. The van der Waals surface area contributed by atoms with Crippen molar-refractivity contribution in [3.05, 3.63) is 53.7 Å². The summed E-state index contributed by atoms with van der Waals surface area (Å²) < 4.78 is 11.0. The molecule has 0 aliphatic rings. The van der Waals surface area contributed by atoms with Gasteiger partial charge in [0.2, 0.25) is 5.88 Å². The number of aromatic nitrogens is 1. The molecule has 0 atom stereocenters. The zero-order valence-corrected chi connectivity index (χ0v) is 10.9. The molecule has 0 unspecified atom stereocenters. The fourth-order valence-corrected chi connectivity index (χ4v) is 1.69. The van der Waals surface area contributed by atoms with Gasteiger partial charge in [-0.2, -0.15) is 0 Å². The van der Waals surface area contributed by atoms with Crippen LogP contribution in [0.3, 0.4) is 0 Å². The van der Waals surface area contributed by atoms with Gasteiger partial charge >= 0.3 is 0 Å². The summed E-state index contributed by atoms with van der Waals surface area (Å²) in [6, 6.07) is 13.0. The summed E-state index contributed by atoms with van der Waals surface area (Å²) in [5, 5.41) is 9.21. The maximum Gasteiger partial charge on any atom is 0.213 e. The van der Waals surface area contributed by atoms with Gasteiger partial charge < -0.3 is 14.6 Å². The largest absolute Gasteiger partial charge is 0.487 e. The number of pyridine rings is 1. The predicted octanol–water partition coefficient (Wildman–Crippen LogP) is 2.55. The lowest BCUT2D eigenvalue weighted by Crippen LogP contribution is -2.02. The third kappa shape index (κ3) is 3.69. The third-order valence-corrected chi connectivity index (χ3v) is 2.59. The maximum absolute atomic E-state index is 9.21. The quantitative estimate of drug-likeness (QED) is 0.866. The van der Waals surface area contributed by atoms with E-state index >= 15 is 0 Å². The molecule has 0 fully saturated rings. The standard InChI is InChI=1S/C15H17NO3/c1-2-18-15-9-5-7-13(16-15)11-19-14-8-4-3-6-12(14)10-17/h3-9,17H,2,10-11H2,1H3. The Labute approximate surface area is 112 Å². The average Bonchev–Trinajstić information content (AvgIpc) is 2.46. The molecule has 1 heterocycles. The summed E-state index contributed by atoms with van der Waals surface area (Å²) in [4.78, 5) is 4.32. The number of ether oxygens (including phenoxy) is 2. The number of para-hydroxylation sites is 1. The summed E-state index contributed by atoms with van der Waals surface area (Å²) >= 11 is 0. The van der Waals surface area contributed by atoms with Crippen molar-refractivity contribution < 1.29 is 14.6 Å². The van der Waals surface area contributed by atoms with Crippen molar-refractivity contribution in [1.82, 2.24) is 4.98 Å². The highest BCUT2D eigenvalue weighted by Crippen LogP contribution is 2.19. The lowest BCUT2D eigenvalue weighted by atomic mass is 10.2.